The number of urea groups is 1. The molecule has 8 heteroatoms. The summed E-state index contributed by atoms with van der Waals surface area (Å²) in [6.45, 7) is 2.43. The molecule has 19 heavy (non-hydrogen) atoms. The van der Waals surface area contributed by atoms with Crippen LogP contribution in [0.2, 0.25) is 0 Å². The lowest BCUT2D eigenvalue weighted by Gasteiger charge is -2.16. The Balaban J connectivity index is 1.94. The van der Waals surface area contributed by atoms with Gasteiger partial charge in [0, 0.05) is 19.5 Å². The minimum Gasteiger partial charge on any atom is -0.320 e. The number of nitrogens with zero attached hydrogens (tertiary/aromatic N) is 5. The summed E-state index contributed by atoms with van der Waals surface area (Å²) in [6, 6.07) is -0.208. The third-order valence-corrected chi connectivity index (χ3v) is 3.46. The molecule has 2 amide bonds. The van der Waals surface area contributed by atoms with E-state index >= 15 is 0 Å². The Kier molecular flexibility index (Phi) is 4.10. The summed E-state index contributed by atoms with van der Waals surface area (Å²) in [5.74, 6) is 0.728. The number of amides is 2. The number of carbonyl (C=O) groups excluding carboxylic acids is 1. The van der Waals surface area contributed by atoms with E-state index in [2.05, 4.69) is 20.4 Å². The Hall–Kier alpha value is -1.96. The van der Waals surface area contributed by atoms with E-state index in [4.69, 9.17) is 0 Å². The highest BCUT2D eigenvalue weighted by Gasteiger charge is 2.13. The first-order valence-corrected chi connectivity index (χ1v) is 6.77. The molecule has 0 aliphatic heterocycles. The molecule has 0 fully saturated rings. The molecule has 0 saturated heterocycles. The van der Waals surface area contributed by atoms with E-state index in [-0.39, 0.29) is 6.03 Å². The fourth-order valence-corrected chi connectivity index (χ4v) is 2.24. The number of hydrogen-bond donors (Lipinski definition) is 1. The maximum Gasteiger partial charge on any atom is 0.323 e. The van der Waals surface area contributed by atoms with Gasteiger partial charge in [-0.1, -0.05) is 6.92 Å². The van der Waals surface area contributed by atoms with Gasteiger partial charge in [-0.15, -0.1) is 11.3 Å². The summed E-state index contributed by atoms with van der Waals surface area (Å²) in [6.07, 6.45) is 2.33. The summed E-state index contributed by atoms with van der Waals surface area (Å²) in [4.78, 5) is 21.9. The monoisotopic (exact) mass is 280 g/mol. The summed E-state index contributed by atoms with van der Waals surface area (Å²) in [7, 11) is 3.50. The van der Waals surface area contributed by atoms with Crippen molar-refractivity contribution in [3.8, 4) is 0 Å². The Bertz CT molecular complexity index is 563. The van der Waals surface area contributed by atoms with Gasteiger partial charge in [0.1, 0.15) is 12.2 Å². The second-order valence-corrected chi connectivity index (χ2v) is 4.94. The van der Waals surface area contributed by atoms with Crippen LogP contribution in [0, 0.1) is 0 Å². The van der Waals surface area contributed by atoms with E-state index in [1.165, 1.54) is 22.6 Å². The van der Waals surface area contributed by atoms with Crippen molar-refractivity contribution in [1.29, 1.82) is 0 Å². The molecule has 0 aliphatic carbocycles. The third-order valence-electron chi connectivity index (χ3n) is 2.66. The van der Waals surface area contributed by atoms with E-state index in [0.717, 1.165) is 17.9 Å². The molecule has 2 aromatic rings. The zero-order chi connectivity index (χ0) is 13.8. The lowest BCUT2D eigenvalue weighted by molar-refractivity contribution is 0.219. The zero-order valence-corrected chi connectivity index (χ0v) is 11.9. The highest BCUT2D eigenvalue weighted by molar-refractivity contribution is 7.13. The van der Waals surface area contributed by atoms with Crippen molar-refractivity contribution in [1.82, 2.24) is 24.6 Å². The quantitative estimate of drug-likeness (QED) is 0.920. The van der Waals surface area contributed by atoms with E-state index in [9.17, 15) is 4.79 Å². The first-order chi connectivity index (χ1) is 9.10. The fourth-order valence-electron chi connectivity index (χ4n) is 1.46. The lowest BCUT2D eigenvalue weighted by Crippen LogP contribution is -2.31. The predicted molar refractivity (Wildman–Crippen MR) is 73.0 cm³/mol. The minimum absolute atomic E-state index is 0.208. The van der Waals surface area contributed by atoms with Crippen LogP contribution in [0.1, 0.15) is 18.4 Å². The molecule has 2 rings (SSSR count). The number of rotatable bonds is 4. The molecule has 7 nitrogen and oxygen atoms in total. The lowest BCUT2D eigenvalue weighted by atomic mass is 10.4. The van der Waals surface area contributed by atoms with Crippen molar-refractivity contribution < 1.29 is 4.79 Å². The van der Waals surface area contributed by atoms with Crippen LogP contribution >= 0.6 is 11.3 Å². The zero-order valence-electron chi connectivity index (χ0n) is 11.1. The van der Waals surface area contributed by atoms with Crippen molar-refractivity contribution in [2.45, 2.75) is 19.9 Å². The van der Waals surface area contributed by atoms with Crippen LogP contribution in [0.3, 0.4) is 0 Å². The number of nitrogens with one attached hydrogen (secondary N) is 1. The molecule has 0 saturated carbocycles. The topological polar surface area (TPSA) is 75.9 Å². The molecule has 2 aromatic heterocycles. The number of hydrogen-bond acceptors (Lipinski definition) is 5. The molecule has 1 N–H and O–H groups in total. The van der Waals surface area contributed by atoms with Crippen LogP contribution in [0.5, 0.6) is 0 Å². The van der Waals surface area contributed by atoms with Gasteiger partial charge in [-0.3, -0.25) is 10.00 Å². The highest BCUT2D eigenvalue weighted by atomic mass is 32.1. The molecule has 0 atom stereocenters. The molecule has 0 radical (unpaired) electrons. The first kappa shape index (κ1) is 13.5. The molecule has 0 bridgehead atoms. The average Bonchev–Trinajstić information content (AvgIpc) is 2.99. The fraction of sp³-hybridized carbons (Fsp3) is 0.455. The van der Waals surface area contributed by atoms with Crippen molar-refractivity contribution in [3.05, 3.63) is 23.2 Å². The van der Waals surface area contributed by atoms with Crippen LogP contribution < -0.4 is 5.32 Å². The second-order valence-electron chi connectivity index (χ2n) is 4.08. The molecular weight excluding hydrogens is 264 g/mol. The Morgan fingerprint density at radius 3 is 2.95 bits per heavy atom. The average molecular weight is 280 g/mol. The van der Waals surface area contributed by atoms with Gasteiger partial charge in [0.15, 0.2) is 5.13 Å². The van der Waals surface area contributed by atoms with E-state index < -0.39 is 0 Å². The predicted octanol–water partition coefficient (Wildman–Crippen LogP) is 1.50. The van der Waals surface area contributed by atoms with E-state index in [1.807, 2.05) is 12.3 Å². The van der Waals surface area contributed by atoms with Crippen LogP contribution in [0.25, 0.3) is 0 Å². The summed E-state index contributed by atoms with van der Waals surface area (Å²) < 4.78 is 1.64. The first-order valence-electron chi connectivity index (χ1n) is 5.89. The maximum absolute atomic E-state index is 12.0. The van der Waals surface area contributed by atoms with Crippen molar-refractivity contribution in [3.63, 3.8) is 0 Å². The standard InChI is InChI=1S/C11H16N6OS/c1-4-8-6-19-10(14-8)15-11(18)16(2)5-9-12-7-13-17(9)3/h6-7H,4-5H2,1-3H3,(H,14,15,18). The van der Waals surface area contributed by atoms with Crippen LogP contribution in [-0.2, 0) is 20.0 Å². The summed E-state index contributed by atoms with van der Waals surface area (Å²) >= 11 is 1.43. The normalized spacial score (nSPS) is 10.5. The number of aromatic nitrogens is 4. The molecule has 102 valence electrons. The third kappa shape index (κ3) is 3.28. The molecule has 0 unspecified atom stereocenters. The van der Waals surface area contributed by atoms with Gasteiger partial charge < -0.3 is 4.90 Å². The van der Waals surface area contributed by atoms with Gasteiger partial charge in [-0.05, 0) is 6.42 Å². The van der Waals surface area contributed by atoms with Crippen LogP contribution in [0.4, 0.5) is 9.93 Å². The number of aryl methyl sites for hydroxylation is 2. The van der Waals surface area contributed by atoms with Crippen molar-refractivity contribution >= 4 is 22.5 Å². The van der Waals surface area contributed by atoms with Gasteiger partial charge in [-0.2, -0.15) is 5.10 Å². The van der Waals surface area contributed by atoms with E-state index in [1.54, 1.807) is 18.8 Å². The largest absolute Gasteiger partial charge is 0.323 e. The molecule has 0 aromatic carbocycles. The van der Waals surface area contributed by atoms with E-state index in [0.29, 0.717) is 11.7 Å². The molecule has 0 spiro atoms. The van der Waals surface area contributed by atoms with Gasteiger partial charge >= 0.3 is 6.03 Å². The highest BCUT2D eigenvalue weighted by Crippen LogP contribution is 2.16. The van der Waals surface area contributed by atoms with Crippen LogP contribution in [0.15, 0.2) is 11.7 Å². The Labute approximate surface area is 115 Å². The molecule has 0 aliphatic rings. The van der Waals surface area contributed by atoms with Gasteiger partial charge in [0.2, 0.25) is 0 Å². The van der Waals surface area contributed by atoms with Gasteiger partial charge in [-0.25, -0.2) is 14.8 Å². The Morgan fingerprint density at radius 2 is 2.37 bits per heavy atom. The second kappa shape index (κ2) is 5.79. The summed E-state index contributed by atoms with van der Waals surface area (Å²) in [5, 5.41) is 9.29. The molecule has 2 heterocycles. The smallest absolute Gasteiger partial charge is 0.320 e. The Morgan fingerprint density at radius 1 is 1.58 bits per heavy atom. The summed E-state index contributed by atoms with van der Waals surface area (Å²) in [5.41, 5.74) is 0.983. The van der Waals surface area contributed by atoms with Crippen LogP contribution in [-0.4, -0.2) is 37.7 Å². The number of anilines is 1. The van der Waals surface area contributed by atoms with Gasteiger partial charge in [0.25, 0.3) is 0 Å². The minimum atomic E-state index is -0.208. The maximum atomic E-state index is 12.0. The van der Waals surface area contributed by atoms with Crippen molar-refractivity contribution in [2.75, 3.05) is 12.4 Å². The SMILES string of the molecule is CCc1csc(NC(=O)N(C)Cc2ncnn2C)n1. The van der Waals surface area contributed by atoms with Gasteiger partial charge in [0.05, 0.1) is 12.2 Å². The number of carbonyl (C=O) groups is 1. The number of thiazole rings is 1. The van der Waals surface area contributed by atoms with Crippen molar-refractivity contribution in [2.24, 2.45) is 7.05 Å². The molecular formula is C11H16N6OS.